The van der Waals surface area contributed by atoms with Crippen molar-refractivity contribution in [2.75, 3.05) is 12.3 Å². The van der Waals surface area contributed by atoms with E-state index in [1.807, 2.05) is 6.92 Å². The molecule has 64 valence electrons. The van der Waals surface area contributed by atoms with Crippen LogP contribution in [-0.4, -0.2) is 31.4 Å². The Morgan fingerprint density at radius 2 is 2.50 bits per heavy atom. The molecular formula is C5H8N6O. The predicted octanol–water partition coefficient (Wildman–Crippen LogP) is -1.04. The summed E-state index contributed by atoms with van der Waals surface area (Å²) in [4.78, 5) is 6.42. The smallest absolute Gasteiger partial charge is 0.238 e. The molecule has 0 atom stereocenters. The van der Waals surface area contributed by atoms with Gasteiger partial charge in [0.1, 0.15) is 12.9 Å². The quantitative estimate of drug-likeness (QED) is 0.619. The molecule has 0 aliphatic rings. The number of nitrogens with zero attached hydrogens (tertiary/aromatic N) is 5. The van der Waals surface area contributed by atoms with Gasteiger partial charge in [0.15, 0.2) is 5.82 Å². The van der Waals surface area contributed by atoms with E-state index in [-0.39, 0.29) is 0 Å². The molecule has 7 nitrogen and oxygen atoms in total. The van der Waals surface area contributed by atoms with Gasteiger partial charge < -0.3 is 10.6 Å². The average molecular weight is 168 g/mol. The second-order valence-electron chi connectivity index (χ2n) is 2.16. The molecule has 0 unspecified atom stereocenters. The molecule has 0 saturated carbocycles. The largest absolute Gasteiger partial charge is 0.395 e. The second-order valence-corrected chi connectivity index (χ2v) is 2.16. The van der Waals surface area contributed by atoms with Gasteiger partial charge in [-0.1, -0.05) is 10.1 Å². The van der Waals surface area contributed by atoms with Gasteiger partial charge in [0.05, 0.1) is 0 Å². The molecule has 0 spiro atoms. The summed E-state index contributed by atoms with van der Waals surface area (Å²) in [7, 11) is 0. The van der Waals surface area contributed by atoms with E-state index in [9.17, 15) is 0 Å². The lowest BCUT2D eigenvalue weighted by Gasteiger charge is -1.99. The minimum atomic E-state index is 0.306. The van der Waals surface area contributed by atoms with Crippen LogP contribution in [0.1, 0.15) is 6.92 Å². The highest BCUT2D eigenvalue weighted by Gasteiger charge is 2.09. The molecule has 2 aromatic rings. The Bertz CT molecular complexity index is 389. The molecule has 0 amide bonds. The van der Waals surface area contributed by atoms with Crippen molar-refractivity contribution in [3.05, 3.63) is 6.33 Å². The molecule has 2 rings (SSSR count). The summed E-state index contributed by atoms with van der Waals surface area (Å²) < 4.78 is 1.45. The van der Waals surface area contributed by atoms with Crippen molar-refractivity contribution >= 4 is 11.5 Å². The van der Waals surface area contributed by atoms with Gasteiger partial charge in [-0.05, 0) is 6.92 Å². The first kappa shape index (κ1) is 6.89. The van der Waals surface area contributed by atoms with E-state index < -0.39 is 0 Å². The Labute approximate surface area is 67.7 Å². The van der Waals surface area contributed by atoms with E-state index in [0.29, 0.717) is 18.1 Å². The van der Waals surface area contributed by atoms with E-state index in [2.05, 4.69) is 15.4 Å². The van der Waals surface area contributed by atoms with Gasteiger partial charge in [0, 0.05) is 0 Å². The summed E-state index contributed by atoms with van der Waals surface area (Å²) in [6.07, 6.45) is 1.48. The minimum Gasteiger partial charge on any atom is -0.395 e. The molecule has 0 aliphatic heterocycles. The molecule has 0 aliphatic carbocycles. The summed E-state index contributed by atoms with van der Waals surface area (Å²) in [5.41, 5.74) is 6.07. The highest BCUT2D eigenvalue weighted by atomic mass is 16.7. The van der Waals surface area contributed by atoms with Crippen LogP contribution >= 0.6 is 0 Å². The zero-order valence-corrected chi connectivity index (χ0v) is 6.51. The molecule has 0 aromatic carbocycles. The number of rotatable bonds is 2. The first-order valence-electron chi connectivity index (χ1n) is 3.50. The number of hydrogen-bond donors (Lipinski definition) is 1. The van der Waals surface area contributed by atoms with Crippen molar-refractivity contribution in [2.45, 2.75) is 6.92 Å². The summed E-state index contributed by atoms with van der Waals surface area (Å²) >= 11 is 0. The first-order valence-corrected chi connectivity index (χ1v) is 3.50. The van der Waals surface area contributed by atoms with Gasteiger partial charge in [0.25, 0.3) is 0 Å². The third-order valence-electron chi connectivity index (χ3n) is 1.39. The van der Waals surface area contributed by atoms with Crippen LogP contribution in [0.4, 0.5) is 5.82 Å². The fourth-order valence-electron chi connectivity index (χ4n) is 0.931. The summed E-state index contributed by atoms with van der Waals surface area (Å²) in [5.74, 6) is 0.306. The zero-order chi connectivity index (χ0) is 8.55. The summed E-state index contributed by atoms with van der Waals surface area (Å²) in [5, 5.41) is 11.2. The van der Waals surface area contributed by atoms with Crippen LogP contribution < -0.4 is 10.6 Å². The molecule has 2 N–H and O–H groups in total. The normalized spacial score (nSPS) is 10.8. The first-order chi connectivity index (χ1) is 5.83. The summed E-state index contributed by atoms with van der Waals surface area (Å²) in [6, 6.07) is 0. The maximum atomic E-state index is 5.52. The molecule has 2 aromatic heterocycles. The van der Waals surface area contributed by atoms with Crippen LogP contribution in [-0.2, 0) is 0 Å². The Balaban J connectivity index is 2.59. The van der Waals surface area contributed by atoms with Gasteiger partial charge in [-0.3, -0.25) is 0 Å². The lowest BCUT2D eigenvalue weighted by Crippen LogP contribution is -2.12. The van der Waals surface area contributed by atoms with Crippen LogP contribution in [0.15, 0.2) is 6.33 Å². The van der Waals surface area contributed by atoms with Crippen molar-refractivity contribution in [1.29, 1.82) is 0 Å². The predicted molar refractivity (Wildman–Crippen MR) is 40.3 cm³/mol. The van der Waals surface area contributed by atoms with E-state index in [1.165, 1.54) is 15.7 Å². The van der Waals surface area contributed by atoms with E-state index in [4.69, 9.17) is 10.6 Å². The fraction of sp³-hybridized carbons (Fsp3) is 0.400. The van der Waals surface area contributed by atoms with Gasteiger partial charge in [0.2, 0.25) is 5.65 Å². The van der Waals surface area contributed by atoms with Crippen LogP contribution in [0.2, 0.25) is 0 Å². The SMILES string of the molecule is CCOn1ncn2nnc(N)c12. The number of fused-ring (bicyclic) bond motifs is 1. The van der Waals surface area contributed by atoms with Gasteiger partial charge in [-0.15, -0.1) is 10.2 Å². The van der Waals surface area contributed by atoms with Crippen LogP contribution in [0.3, 0.4) is 0 Å². The minimum absolute atomic E-state index is 0.306. The van der Waals surface area contributed by atoms with E-state index in [0.717, 1.165) is 0 Å². The van der Waals surface area contributed by atoms with Crippen LogP contribution in [0.25, 0.3) is 5.65 Å². The number of hydrogen-bond acceptors (Lipinski definition) is 5. The summed E-state index contributed by atoms with van der Waals surface area (Å²) in [6.45, 7) is 2.38. The highest BCUT2D eigenvalue weighted by molar-refractivity contribution is 5.57. The average Bonchev–Trinajstić information content (AvgIpc) is 2.58. The van der Waals surface area contributed by atoms with Crippen molar-refractivity contribution in [2.24, 2.45) is 0 Å². The van der Waals surface area contributed by atoms with Gasteiger partial charge in [-0.25, -0.2) is 0 Å². The lowest BCUT2D eigenvalue weighted by atomic mass is 10.7. The molecule has 0 radical (unpaired) electrons. The lowest BCUT2D eigenvalue weighted by molar-refractivity contribution is 0.102. The number of nitrogens with two attached hydrogens (primary N) is 1. The molecule has 0 fully saturated rings. The Morgan fingerprint density at radius 3 is 3.25 bits per heavy atom. The van der Waals surface area contributed by atoms with Gasteiger partial charge >= 0.3 is 0 Å². The Morgan fingerprint density at radius 1 is 1.67 bits per heavy atom. The van der Waals surface area contributed by atoms with Crippen molar-refractivity contribution in [1.82, 2.24) is 24.8 Å². The number of anilines is 1. The molecule has 2 heterocycles. The molecule has 7 heteroatoms. The standard InChI is InChI=1S/C5H8N6O/c1-2-12-11-5-4(6)8-9-10(5)3-7-11/h3H,2,6H2,1H3. The third-order valence-corrected chi connectivity index (χ3v) is 1.39. The maximum Gasteiger partial charge on any atom is 0.238 e. The zero-order valence-electron chi connectivity index (χ0n) is 6.51. The second kappa shape index (κ2) is 2.36. The number of nitrogen functional groups attached to an aromatic ring is 1. The fourth-order valence-corrected chi connectivity index (χ4v) is 0.931. The van der Waals surface area contributed by atoms with Gasteiger partial charge in [-0.2, -0.15) is 4.52 Å². The third kappa shape index (κ3) is 0.792. The van der Waals surface area contributed by atoms with Crippen molar-refractivity contribution < 1.29 is 4.84 Å². The molecule has 12 heavy (non-hydrogen) atoms. The molecule has 0 bridgehead atoms. The maximum absolute atomic E-state index is 5.52. The van der Waals surface area contributed by atoms with Crippen molar-refractivity contribution in [3.8, 4) is 0 Å². The van der Waals surface area contributed by atoms with Crippen LogP contribution in [0, 0.1) is 0 Å². The van der Waals surface area contributed by atoms with Crippen LogP contribution in [0.5, 0.6) is 0 Å². The van der Waals surface area contributed by atoms with E-state index >= 15 is 0 Å². The Hall–Kier alpha value is -1.79. The molecule has 0 saturated heterocycles. The molecular weight excluding hydrogens is 160 g/mol. The van der Waals surface area contributed by atoms with Crippen molar-refractivity contribution in [3.63, 3.8) is 0 Å². The number of aromatic nitrogens is 5. The van der Waals surface area contributed by atoms with E-state index in [1.54, 1.807) is 0 Å². The topological polar surface area (TPSA) is 83.3 Å². The highest BCUT2D eigenvalue weighted by Crippen LogP contribution is 2.05. The Kier molecular flexibility index (Phi) is 1.36. The monoisotopic (exact) mass is 168 g/mol.